The topological polar surface area (TPSA) is 12.0 Å². The first-order valence-electron chi connectivity index (χ1n) is 6.17. The molecule has 1 aromatic carbocycles. The van der Waals surface area contributed by atoms with Gasteiger partial charge in [-0.05, 0) is 48.5 Å². The van der Waals surface area contributed by atoms with E-state index >= 15 is 0 Å². The van der Waals surface area contributed by atoms with E-state index in [1.165, 1.54) is 26.0 Å². The third-order valence-electron chi connectivity index (χ3n) is 3.15. The zero-order valence-electron chi connectivity index (χ0n) is 11.0. The molecule has 1 N–H and O–H groups in total. The van der Waals surface area contributed by atoms with Crippen LogP contribution in [0.4, 0.5) is 0 Å². The maximum Gasteiger partial charge on any atom is 0.0598 e. The van der Waals surface area contributed by atoms with Crippen LogP contribution in [0.2, 0.25) is 0 Å². The Balaban J connectivity index is 2.48. The van der Waals surface area contributed by atoms with Gasteiger partial charge in [-0.1, -0.05) is 41.1 Å². The summed E-state index contributed by atoms with van der Waals surface area (Å²) in [6.07, 6.45) is 0. The molecule has 2 aromatic rings. The van der Waals surface area contributed by atoms with E-state index in [0.717, 1.165) is 6.54 Å². The van der Waals surface area contributed by atoms with E-state index in [9.17, 15) is 0 Å². The molecule has 1 unspecified atom stereocenters. The normalized spacial score (nSPS) is 12.7. The Bertz CT molecular complexity index is 533. The molecule has 1 aromatic heterocycles. The molecule has 0 spiro atoms. The third kappa shape index (κ3) is 2.68. The SMILES string of the molecule is CCNC(c1ccsc1C)c1cccc(C)c1Br. The van der Waals surface area contributed by atoms with Gasteiger partial charge in [0.05, 0.1) is 6.04 Å². The van der Waals surface area contributed by atoms with Crippen molar-refractivity contribution in [2.45, 2.75) is 26.8 Å². The van der Waals surface area contributed by atoms with Crippen LogP contribution in [-0.4, -0.2) is 6.54 Å². The van der Waals surface area contributed by atoms with Crippen LogP contribution in [0, 0.1) is 13.8 Å². The number of aryl methyl sites for hydroxylation is 2. The highest BCUT2D eigenvalue weighted by molar-refractivity contribution is 9.10. The molecule has 1 nitrogen and oxygen atoms in total. The summed E-state index contributed by atoms with van der Waals surface area (Å²) in [5.74, 6) is 0. The lowest BCUT2D eigenvalue weighted by molar-refractivity contribution is 0.627. The minimum Gasteiger partial charge on any atom is -0.306 e. The molecule has 1 atom stereocenters. The fourth-order valence-electron chi connectivity index (χ4n) is 2.18. The Morgan fingerprint density at radius 2 is 2.00 bits per heavy atom. The number of hydrogen-bond donors (Lipinski definition) is 1. The van der Waals surface area contributed by atoms with Crippen molar-refractivity contribution >= 4 is 27.3 Å². The molecule has 1 heterocycles. The van der Waals surface area contributed by atoms with Crippen LogP contribution < -0.4 is 5.32 Å². The van der Waals surface area contributed by atoms with Crippen LogP contribution in [-0.2, 0) is 0 Å². The van der Waals surface area contributed by atoms with Crippen molar-refractivity contribution in [2.75, 3.05) is 6.54 Å². The Morgan fingerprint density at radius 1 is 1.22 bits per heavy atom. The van der Waals surface area contributed by atoms with Gasteiger partial charge in [0.25, 0.3) is 0 Å². The van der Waals surface area contributed by atoms with E-state index < -0.39 is 0 Å². The first-order valence-corrected chi connectivity index (χ1v) is 7.84. The molecule has 96 valence electrons. The van der Waals surface area contributed by atoms with E-state index in [4.69, 9.17) is 0 Å². The van der Waals surface area contributed by atoms with Crippen LogP contribution in [0.5, 0.6) is 0 Å². The average Bonchev–Trinajstić information content (AvgIpc) is 2.76. The van der Waals surface area contributed by atoms with E-state index in [2.05, 4.69) is 71.7 Å². The Labute approximate surface area is 121 Å². The minimum absolute atomic E-state index is 0.274. The summed E-state index contributed by atoms with van der Waals surface area (Å²) in [7, 11) is 0. The van der Waals surface area contributed by atoms with Crippen molar-refractivity contribution in [3.8, 4) is 0 Å². The van der Waals surface area contributed by atoms with Crippen LogP contribution in [0.15, 0.2) is 34.1 Å². The second-order valence-corrected chi connectivity index (χ2v) is 6.31. The van der Waals surface area contributed by atoms with Crippen molar-refractivity contribution < 1.29 is 0 Å². The largest absolute Gasteiger partial charge is 0.306 e. The monoisotopic (exact) mass is 323 g/mol. The average molecular weight is 324 g/mol. The number of nitrogens with one attached hydrogen (secondary N) is 1. The van der Waals surface area contributed by atoms with Crippen molar-refractivity contribution in [3.63, 3.8) is 0 Å². The van der Waals surface area contributed by atoms with Gasteiger partial charge in [-0.25, -0.2) is 0 Å². The Morgan fingerprint density at radius 3 is 2.61 bits per heavy atom. The zero-order chi connectivity index (χ0) is 13.1. The standard InChI is InChI=1S/C15H18BrNS/c1-4-17-15(12-8-9-18-11(12)3)13-7-5-6-10(2)14(13)16/h5-9,15,17H,4H2,1-3H3. The summed E-state index contributed by atoms with van der Waals surface area (Å²) in [5, 5.41) is 5.75. The number of halogens is 1. The highest BCUT2D eigenvalue weighted by Gasteiger charge is 2.18. The molecular formula is C15H18BrNS. The van der Waals surface area contributed by atoms with Gasteiger partial charge in [0.1, 0.15) is 0 Å². The first kappa shape index (κ1) is 13.8. The minimum atomic E-state index is 0.274. The Kier molecular flexibility index (Phi) is 4.60. The van der Waals surface area contributed by atoms with Crippen molar-refractivity contribution in [2.24, 2.45) is 0 Å². The number of benzene rings is 1. The van der Waals surface area contributed by atoms with Gasteiger partial charge >= 0.3 is 0 Å². The highest BCUT2D eigenvalue weighted by atomic mass is 79.9. The molecule has 0 bridgehead atoms. The van der Waals surface area contributed by atoms with E-state index in [0.29, 0.717) is 0 Å². The van der Waals surface area contributed by atoms with Gasteiger partial charge in [-0.15, -0.1) is 11.3 Å². The van der Waals surface area contributed by atoms with E-state index in [1.54, 1.807) is 0 Å². The van der Waals surface area contributed by atoms with Crippen molar-refractivity contribution in [1.29, 1.82) is 0 Å². The fourth-order valence-corrected chi connectivity index (χ4v) is 3.41. The van der Waals surface area contributed by atoms with Crippen molar-refractivity contribution in [1.82, 2.24) is 5.32 Å². The summed E-state index contributed by atoms with van der Waals surface area (Å²) in [6.45, 7) is 7.43. The molecule has 0 saturated heterocycles. The van der Waals surface area contributed by atoms with Gasteiger partial charge in [0, 0.05) is 9.35 Å². The lowest BCUT2D eigenvalue weighted by Gasteiger charge is -2.21. The van der Waals surface area contributed by atoms with Crippen LogP contribution in [0.25, 0.3) is 0 Å². The molecule has 18 heavy (non-hydrogen) atoms. The second-order valence-electron chi connectivity index (χ2n) is 4.40. The maximum atomic E-state index is 3.72. The number of hydrogen-bond acceptors (Lipinski definition) is 2. The molecule has 0 fully saturated rings. The predicted octanol–water partition coefficient (Wildman–Crippen LogP) is 4.83. The van der Waals surface area contributed by atoms with Gasteiger partial charge < -0.3 is 5.32 Å². The van der Waals surface area contributed by atoms with Crippen molar-refractivity contribution in [3.05, 3.63) is 55.7 Å². The molecule has 3 heteroatoms. The summed E-state index contributed by atoms with van der Waals surface area (Å²) < 4.78 is 1.21. The molecule has 0 aliphatic rings. The number of thiophene rings is 1. The third-order valence-corrected chi connectivity index (χ3v) is 5.10. The summed E-state index contributed by atoms with van der Waals surface area (Å²) in [6, 6.07) is 8.96. The fraction of sp³-hybridized carbons (Fsp3) is 0.333. The highest BCUT2D eigenvalue weighted by Crippen LogP contribution is 2.33. The van der Waals surface area contributed by atoms with E-state index in [-0.39, 0.29) is 6.04 Å². The number of rotatable bonds is 4. The zero-order valence-corrected chi connectivity index (χ0v) is 13.4. The Hall–Kier alpha value is -0.640. The molecule has 0 aliphatic carbocycles. The van der Waals surface area contributed by atoms with Crippen LogP contribution in [0.3, 0.4) is 0 Å². The molecule has 2 rings (SSSR count). The lowest BCUT2D eigenvalue weighted by atomic mass is 9.98. The van der Waals surface area contributed by atoms with Gasteiger partial charge in [-0.3, -0.25) is 0 Å². The summed E-state index contributed by atoms with van der Waals surface area (Å²) in [4.78, 5) is 1.38. The molecule has 0 amide bonds. The first-order chi connectivity index (χ1) is 8.65. The predicted molar refractivity (Wildman–Crippen MR) is 83.5 cm³/mol. The van der Waals surface area contributed by atoms with Crippen LogP contribution in [0.1, 0.15) is 34.5 Å². The second kappa shape index (κ2) is 6.00. The van der Waals surface area contributed by atoms with E-state index in [1.807, 2.05) is 11.3 Å². The molecular weight excluding hydrogens is 306 g/mol. The molecule has 0 aliphatic heterocycles. The molecule has 0 saturated carbocycles. The summed E-state index contributed by atoms with van der Waals surface area (Å²) >= 11 is 5.53. The lowest BCUT2D eigenvalue weighted by Crippen LogP contribution is -2.22. The maximum absolute atomic E-state index is 3.72. The van der Waals surface area contributed by atoms with Gasteiger partial charge in [0.2, 0.25) is 0 Å². The smallest absolute Gasteiger partial charge is 0.0598 e. The summed E-state index contributed by atoms with van der Waals surface area (Å²) in [5.41, 5.74) is 3.98. The molecule has 0 radical (unpaired) electrons. The van der Waals surface area contributed by atoms with Gasteiger partial charge in [0.15, 0.2) is 0 Å². The quantitative estimate of drug-likeness (QED) is 0.850. The van der Waals surface area contributed by atoms with Gasteiger partial charge in [-0.2, -0.15) is 0 Å². The van der Waals surface area contributed by atoms with Crippen LogP contribution >= 0.6 is 27.3 Å².